The number of aryl methyl sites for hydroxylation is 7. The van der Waals surface area contributed by atoms with Gasteiger partial charge in [-0.3, -0.25) is 0 Å². The minimum absolute atomic E-state index is 0.0792. The van der Waals surface area contributed by atoms with Crippen LogP contribution in [-0.4, -0.2) is 11.4 Å². The second-order valence-corrected chi connectivity index (χ2v) is 16.7. The average Bonchev–Trinajstić information content (AvgIpc) is 3.53. The SMILES string of the molecule is Cc1ccc(C(c2ccc(C)cc2)c2cc(C)cc(C(c3ccc(C)cc3)c3ccc(C)cc3)c2N=C2C(=Nc3c(C)cccc3C)c3cccc4cccc2c34)cc1. The second kappa shape index (κ2) is 15.6. The Morgan fingerprint density at radius 1 is 0.339 bits per heavy atom. The summed E-state index contributed by atoms with van der Waals surface area (Å²) >= 11 is 0. The number of rotatable bonds is 8. The first kappa shape index (κ1) is 37.9. The van der Waals surface area contributed by atoms with Crippen LogP contribution < -0.4 is 0 Å². The molecule has 59 heavy (non-hydrogen) atoms. The molecule has 2 nitrogen and oxygen atoms in total. The molecule has 288 valence electrons. The van der Waals surface area contributed by atoms with Gasteiger partial charge in [0.15, 0.2) is 0 Å². The van der Waals surface area contributed by atoms with Crippen LogP contribution in [0.25, 0.3) is 10.8 Å². The molecule has 0 heterocycles. The van der Waals surface area contributed by atoms with Gasteiger partial charge in [-0.2, -0.15) is 0 Å². The third-order valence-corrected chi connectivity index (χ3v) is 12.1. The molecule has 0 saturated heterocycles. The fourth-order valence-corrected chi connectivity index (χ4v) is 8.97. The summed E-state index contributed by atoms with van der Waals surface area (Å²) in [5.74, 6) is -0.158. The third-order valence-electron chi connectivity index (χ3n) is 12.1. The van der Waals surface area contributed by atoms with E-state index >= 15 is 0 Å². The highest BCUT2D eigenvalue weighted by Gasteiger charge is 2.32. The molecule has 0 N–H and O–H groups in total. The second-order valence-electron chi connectivity index (χ2n) is 16.7. The van der Waals surface area contributed by atoms with Gasteiger partial charge in [0, 0.05) is 28.3 Å². The molecule has 8 aromatic rings. The van der Waals surface area contributed by atoms with Crippen LogP contribution in [0.15, 0.2) is 174 Å². The topological polar surface area (TPSA) is 24.7 Å². The van der Waals surface area contributed by atoms with Gasteiger partial charge in [-0.05, 0) is 98.4 Å². The molecule has 0 saturated carbocycles. The molecule has 2 heteroatoms. The number of nitrogens with zero attached hydrogens (tertiary/aromatic N) is 2. The number of hydrogen-bond donors (Lipinski definition) is 0. The first-order chi connectivity index (χ1) is 28.6. The Labute approximate surface area is 349 Å². The quantitative estimate of drug-likeness (QED) is 0.138. The van der Waals surface area contributed by atoms with E-state index in [2.05, 4.69) is 212 Å². The van der Waals surface area contributed by atoms with E-state index in [1.54, 1.807) is 0 Å². The summed E-state index contributed by atoms with van der Waals surface area (Å²) in [5, 5.41) is 2.40. The van der Waals surface area contributed by atoms with Gasteiger partial charge in [-0.15, -0.1) is 0 Å². The summed E-state index contributed by atoms with van der Waals surface area (Å²) < 4.78 is 0. The lowest BCUT2D eigenvalue weighted by atomic mass is 9.78. The van der Waals surface area contributed by atoms with Crippen molar-refractivity contribution in [3.63, 3.8) is 0 Å². The highest BCUT2D eigenvalue weighted by molar-refractivity contribution is 6.61. The van der Waals surface area contributed by atoms with Crippen LogP contribution in [0.5, 0.6) is 0 Å². The van der Waals surface area contributed by atoms with Crippen LogP contribution in [0.3, 0.4) is 0 Å². The van der Waals surface area contributed by atoms with Gasteiger partial charge >= 0.3 is 0 Å². The van der Waals surface area contributed by atoms with Crippen LogP contribution in [0.2, 0.25) is 0 Å². The molecule has 0 unspecified atom stereocenters. The molecular weight excluding hydrogens is 713 g/mol. The van der Waals surface area contributed by atoms with Gasteiger partial charge in [-0.1, -0.05) is 192 Å². The molecule has 0 atom stereocenters. The van der Waals surface area contributed by atoms with Crippen LogP contribution in [0.4, 0.5) is 11.4 Å². The molecular formula is C57H50N2. The fourth-order valence-electron chi connectivity index (χ4n) is 8.97. The predicted molar refractivity (Wildman–Crippen MR) is 250 cm³/mol. The van der Waals surface area contributed by atoms with Crippen molar-refractivity contribution in [2.75, 3.05) is 0 Å². The molecule has 1 aliphatic carbocycles. The van der Waals surface area contributed by atoms with Crippen molar-refractivity contribution in [2.45, 2.75) is 60.3 Å². The summed E-state index contributed by atoms with van der Waals surface area (Å²) in [4.78, 5) is 11.7. The maximum atomic E-state index is 6.08. The zero-order valence-corrected chi connectivity index (χ0v) is 35.1. The Hall–Kier alpha value is -6.64. The van der Waals surface area contributed by atoms with Gasteiger partial charge in [0.25, 0.3) is 0 Å². The van der Waals surface area contributed by atoms with E-state index in [4.69, 9.17) is 9.98 Å². The minimum atomic E-state index is -0.0792. The van der Waals surface area contributed by atoms with Crippen molar-refractivity contribution in [2.24, 2.45) is 9.98 Å². The maximum Gasteiger partial charge on any atom is 0.0979 e. The Morgan fingerprint density at radius 3 is 1.05 bits per heavy atom. The average molecular weight is 763 g/mol. The largest absolute Gasteiger partial charge is 0.246 e. The summed E-state index contributed by atoms with van der Waals surface area (Å²) in [6.45, 7) is 15.2. The molecule has 1 aliphatic rings. The lowest BCUT2D eigenvalue weighted by Gasteiger charge is -2.27. The Morgan fingerprint density at radius 2 is 0.678 bits per heavy atom. The van der Waals surface area contributed by atoms with Crippen LogP contribution >= 0.6 is 0 Å². The zero-order valence-electron chi connectivity index (χ0n) is 35.1. The predicted octanol–water partition coefficient (Wildman–Crippen LogP) is 14.6. The van der Waals surface area contributed by atoms with Crippen LogP contribution in [0, 0.1) is 48.5 Å². The smallest absolute Gasteiger partial charge is 0.0979 e. The Bertz CT molecular complexity index is 2680. The van der Waals surface area contributed by atoms with Crippen molar-refractivity contribution >= 4 is 33.6 Å². The number of para-hydroxylation sites is 1. The highest BCUT2D eigenvalue weighted by atomic mass is 14.8. The van der Waals surface area contributed by atoms with Gasteiger partial charge < -0.3 is 0 Å². The van der Waals surface area contributed by atoms with Crippen molar-refractivity contribution in [1.29, 1.82) is 0 Å². The Kier molecular flexibility index (Phi) is 10.0. The van der Waals surface area contributed by atoms with Gasteiger partial charge in [0.1, 0.15) is 0 Å². The van der Waals surface area contributed by atoms with Crippen molar-refractivity contribution in [1.82, 2.24) is 0 Å². The number of hydrogen-bond acceptors (Lipinski definition) is 2. The molecule has 0 bridgehead atoms. The molecule has 0 radical (unpaired) electrons. The molecule has 9 rings (SSSR count). The summed E-state index contributed by atoms with van der Waals surface area (Å²) in [5.41, 5.74) is 21.8. The van der Waals surface area contributed by atoms with Gasteiger partial charge in [0.05, 0.1) is 22.8 Å². The summed E-state index contributed by atoms with van der Waals surface area (Å²) in [7, 11) is 0. The minimum Gasteiger partial charge on any atom is -0.246 e. The maximum absolute atomic E-state index is 6.08. The number of aliphatic imine (C=N–C) groups is 2. The van der Waals surface area contributed by atoms with Crippen molar-refractivity contribution in [3.05, 3.63) is 247 Å². The van der Waals surface area contributed by atoms with Crippen LogP contribution in [0.1, 0.15) is 95.3 Å². The van der Waals surface area contributed by atoms with Crippen LogP contribution in [-0.2, 0) is 0 Å². The summed E-state index contributed by atoms with van der Waals surface area (Å²) in [6.07, 6.45) is 0. The monoisotopic (exact) mass is 762 g/mol. The van der Waals surface area contributed by atoms with E-state index in [1.165, 1.54) is 72.0 Å². The standard InChI is InChI=1S/C57H50N2/c1-35-17-25-43(26-18-35)51(44-27-19-36(2)20-28-44)49-33-39(5)34-50(52(45-29-21-37(3)22-30-45)46-31-23-38(4)24-32-46)55(49)59-57-48-16-10-14-42-13-9-15-47(53(42)48)56(57)58-54-40(6)11-8-12-41(54)7/h8-34,51-52H,1-7H3. The highest BCUT2D eigenvalue weighted by Crippen LogP contribution is 2.47. The van der Waals surface area contributed by atoms with E-state index in [0.717, 1.165) is 45.1 Å². The molecule has 0 aliphatic heterocycles. The van der Waals surface area contributed by atoms with E-state index in [9.17, 15) is 0 Å². The lowest BCUT2D eigenvalue weighted by molar-refractivity contribution is 0.932. The van der Waals surface area contributed by atoms with E-state index in [0.29, 0.717) is 0 Å². The van der Waals surface area contributed by atoms with Gasteiger partial charge in [-0.25, -0.2) is 9.98 Å². The first-order valence-corrected chi connectivity index (χ1v) is 20.8. The molecule has 0 aromatic heterocycles. The fraction of sp³-hybridized carbons (Fsp3) is 0.158. The van der Waals surface area contributed by atoms with E-state index in [1.807, 2.05) is 0 Å². The first-order valence-electron chi connectivity index (χ1n) is 20.8. The molecule has 8 aromatic carbocycles. The van der Waals surface area contributed by atoms with E-state index < -0.39 is 0 Å². The zero-order chi connectivity index (χ0) is 40.8. The Balaban J connectivity index is 1.42. The molecule has 0 fully saturated rings. The normalized spacial score (nSPS) is 13.7. The van der Waals surface area contributed by atoms with E-state index in [-0.39, 0.29) is 11.8 Å². The lowest BCUT2D eigenvalue weighted by Crippen LogP contribution is -2.14. The van der Waals surface area contributed by atoms with Gasteiger partial charge in [0.2, 0.25) is 0 Å². The third kappa shape index (κ3) is 7.25. The number of benzene rings is 8. The summed E-state index contributed by atoms with van der Waals surface area (Å²) in [6, 6.07) is 60.7. The van der Waals surface area contributed by atoms with Crippen molar-refractivity contribution < 1.29 is 0 Å². The van der Waals surface area contributed by atoms with Crippen molar-refractivity contribution in [3.8, 4) is 0 Å². The molecule has 0 amide bonds. The molecule has 0 spiro atoms.